The van der Waals surface area contributed by atoms with Gasteiger partial charge in [-0.2, -0.15) is 0 Å². The summed E-state index contributed by atoms with van der Waals surface area (Å²) in [7, 11) is 1.73. The molecule has 3 unspecified atom stereocenters. The van der Waals surface area contributed by atoms with E-state index in [1.807, 2.05) is 35.4 Å². The van der Waals surface area contributed by atoms with Crippen molar-refractivity contribution >= 4 is 40.2 Å². The van der Waals surface area contributed by atoms with Crippen LogP contribution in [-0.4, -0.2) is 59.3 Å². The average molecular weight is 592 g/mol. The number of nitrogens with zero attached hydrogens (tertiary/aromatic N) is 4. The SMILES string of the molecule is COC1CC1c1cnc2c(c1)OCCN2c1ccc2cnc(CNC(=O)c3cc(F)c4c(c3)SC(F)CCO4)cc2n1. The molecule has 9 nitrogen and oxygen atoms in total. The van der Waals surface area contributed by atoms with Gasteiger partial charge in [-0.3, -0.25) is 9.78 Å². The lowest BCUT2D eigenvalue weighted by molar-refractivity contribution is 0.0949. The van der Waals surface area contributed by atoms with Crippen molar-refractivity contribution in [3.05, 3.63) is 71.4 Å². The molecule has 1 aromatic carbocycles. The summed E-state index contributed by atoms with van der Waals surface area (Å²) in [5.74, 6) is 1.30. The molecule has 2 aliphatic heterocycles. The van der Waals surface area contributed by atoms with Crippen LogP contribution in [0.1, 0.15) is 40.4 Å². The molecule has 1 N–H and O–H groups in total. The first-order valence-corrected chi connectivity index (χ1v) is 14.6. The molecule has 12 heteroatoms. The number of nitrogens with one attached hydrogen (secondary N) is 1. The first-order valence-electron chi connectivity index (χ1n) is 13.7. The summed E-state index contributed by atoms with van der Waals surface area (Å²) < 4.78 is 45.4. The minimum atomic E-state index is -1.23. The number of methoxy groups -OCH3 is 1. The Labute approximate surface area is 244 Å². The zero-order valence-corrected chi connectivity index (χ0v) is 23.5. The van der Waals surface area contributed by atoms with Crippen LogP contribution in [0.15, 0.2) is 53.7 Å². The standard InChI is InChI=1S/C30H27F2N5O4S/c1-39-23-12-20(23)18-9-24-29(34-14-18)37(5-7-40-24)27-3-2-16-13-33-19(11-22(16)36-27)15-35-30(38)17-8-21(31)28-25(10-17)42-26(32)4-6-41-28/h2-3,8-11,13-14,20,23,26H,4-7,12,15H2,1H3,(H,35,38). The van der Waals surface area contributed by atoms with E-state index >= 15 is 0 Å². The molecule has 5 heterocycles. The number of amides is 1. The Bertz CT molecular complexity index is 1690. The largest absolute Gasteiger partial charge is 0.489 e. The second kappa shape index (κ2) is 11.0. The van der Waals surface area contributed by atoms with Gasteiger partial charge in [-0.1, -0.05) is 11.8 Å². The van der Waals surface area contributed by atoms with Gasteiger partial charge in [-0.05, 0) is 48.4 Å². The number of pyridine rings is 3. The van der Waals surface area contributed by atoms with Crippen LogP contribution >= 0.6 is 11.8 Å². The zero-order chi connectivity index (χ0) is 28.8. The summed E-state index contributed by atoms with van der Waals surface area (Å²) in [6, 6.07) is 10.3. The lowest BCUT2D eigenvalue weighted by Gasteiger charge is -2.29. The van der Waals surface area contributed by atoms with E-state index < -0.39 is 17.2 Å². The predicted octanol–water partition coefficient (Wildman–Crippen LogP) is 5.30. The number of carbonyl (C=O) groups excluding carboxylic acids is 1. The normalized spacial score (nSPS) is 21.0. The van der Waals surface area contributed by atoms with E-state index in [2.05, 4.69) is 10.3 Å². The lowest BCUT2D eigenvalue weighted by atomic mass is 10.1. The monoisotopic (exact) mass is 591 g/mol. The van der Waals surface area contributed by atoms with Crippen LogP contribution in [0.4, 0.5) is 20.4 Å². The van der Waals surface area contributed by atoms with Gasteiger partial charge in [0, 0.05) is 42.8 Å². The number of anilines is 2. The number of rotatable bonds is 6. The Morgan fingerprint density at radius 3 is 2.93 bits per heavy atom. The van der Waals surface area contributed by atoms with E-state index in [0.29, 0.717) is 36.1 Å². The number of alkyl halides is 1. The van der Waals surface area contributed by atoms with Crippen LogP contribution in [0, 0.1) is 5.82 Å². The van der Waals surface area contributed by atoms with Crippen molar-refractivity contribution in [3.63, 3.8) is 0 Å². The van der Waals surface area contributed by atoms with Crippen LogP contribution < -0.4 is 19.7 Å². The Hall–Kier alpha value is -4.03. The highest BCUT2D eigenvalue weighted by molar-refractivity contribution is 7.99. The van der Waals surface area contributed by atoms with Gasteiger partial charge in [-0.15, -0.1) is 0 Å². The molecule has 3 aromatic heterocycles. The van der Waals surface area contributed by atoms with Crippen molar-refractivity contribution in [2.75, 3.05) is 31.8 Å². The van der Waals surface area contributed by atoms with Gasteiger partial charge in [0.1, 0.15) is 12.4 Å². The second-order valence-electron chi connectivity index (χ2n) is 10.4. The highest BCUT2D eigenvalue weighted by Crippen LogP contribution is 2.45. The molecule has 42 heavy (non-hydrogen) atoms. The molecule has 1 fully saturated rings. The smallest absolute Gasteiger partial charge is 0.251 e. The molecule has 0 radical (unpaired) electrons. The van der Waals surface area contributed by atoms with E-state index in [1.165, 1.54) is 6.07 Å². The van der Waals surface area contributed by atoms with Crippen molar-refractivity contribution in [1.82, 2.24) is 20.3 Å². The van der Waals surface area contributed by atoms with Crippen LogP contribution in [0.5, 0.6) is 11.5 Å². The van der Waals surface area contributed by atoms with Gasteiger partial charge < -0.3 is 24.4 Å². The summed E-state index contributed by atoms with van der Waals surface area (Å²) in [6.45, 7) is 1.28. The molecule has 1 saturated carbocycles. The number of carbonyl (C=O) groups is 1. The fraction of sp³-hybridized carbons (Fsp3) is 0.333. The van der Waals surface area contributed by atoms with Crippen molar-refractivity contribution in [1.29, 1.82) is 0 Å². The number of hydrogen-bond acceptors (Lipinski definition) is 9. The van der Waals surface area contributed by atoms with Crippen molar-refractivity contribution in [2.45, 2.75) is 41.8 Å². The third-order valence-corrected chi connectivity index (χ3v) is 8.63. The third kappa shape index (κ3) is 5.20. The fourth-order valence-corrected chi connectivity index (χ4v) is 6.22. The topological polar surface area (TPSA) is 98.7 Å². The summed E-state index contributed by atoms with van der Waals surface area (Å²) >= 11 is 0.855. The first kappa shape index (κ1) is 26.8. The fourth-order valence-electron chi connectivity index (χ4n) is 5.27. The number of benzene rings is 1. The molecule has 0 bridgehead atoms. The minimum Gasteiger partial charge on any atom is -0.489 e. The Morgan fingerprint density at radius 1 is 1.17 bits per heavy atom. The Morgan fingerprint density at radius 2 is 2.07 bits per heavy atom. The van der Waals surface area contributed by atoms with Crippen molar-refractivity contribution in [2.24, 2.45) is 0 Å². The molecule has 0 saturated heterocycles. The molecule has 7 rings (SSSR count). The first-order chi connectivity index (χ1) is 20.5. The molecule has 1 amide bonds. The Balaban J connectivity index is 1.08. The lowest BCUT2D eigenvalue weighted by Crippen LogP contribution is -2.30. The van der Waals surface area contributed by atoms with Gasteiger partial charge in [0.25, 0.3) is 5.91 Å². The maximum absolute atomic E-state index is 14.6. The van der Waals surface area contributed by atoms with Gasteiger partial charge in [0.2, 0.25) is 0 Å². The predicted molar refractivity (Wildman–Crippen MR) is 153 cm³/mol. The number of thioether (sulfide) groups is 1. The van der Waals surface area contributed by atoms with Crippen LogP contribution in [0.2, 0.25) is 0 Å². The van der Waals surface area contributed by atoms with E-state index in [-0.39, 0.29) is 41.9 Å². The zero-order valence-electron chi connectivity index (χ0n) is 22.7. The number of hydrogen-bond donors (Lipinski definition) is 1. The van der Waals surface area contributed by atoms with Crippen molar-refractivity contribution in [3.8, 4) is 11.5 Å². The maximum Gasteiger partial charge on any atom is 0.251 e. The summed E-state index contributed by atoms with van der Waals surface area (Å²) in [5.41, 5.74) is 1.25. The summed E-state index contributed by atoms with van der Waals surface area (Å²) in [5, 5.41) is 3.62. The maximum atomic E-state index is 14.6. The molecule has 4 aromatic rings. The van der Waals surface area contributed by atoms with Gasteiger partial charge >= 0.3 is 0 Å². The minimum absolute atomic E-state index is 0.0176. The molecular formula is C30H27F2N5O4S. The van der Waals surface area contributed by atoms with E-state index in [4.69, 9.17) is 24.2 Å². The van der Waals surface area contributed by atoms with E-state index in [9.17, 15) is 13.6 Å². The highest BCUT2D eigenvalue weighted by Gasteiger charge is 2.39. The number of ether oxygens (including phenoxy) is 3. The average Bonchev–Trinajstić information content (AvgIpc) is 3.82. The quantitative estimate of drug-likeness (QED) is 0.320. The van der Waals surface area contributed by atoms with Crippen LogP contribution in [-0.2, 0) is 11.3 Å². The Kier molecular flexibility index (Phi) is 7.02. The molecule has 0 spiro atoms. The van der Waals surface area contributed by atoms with Gasteiger partial charge in [0.05, 0.1) is 41.9 Å². The van der Waals surface area contributed by atoms with Crippen molar-refractivity contribution < 1.29 is 27.8 Å². The molecule has 1 aliphatic carbocycles. The molecular weight excluding hydrogens is 564 g/mol. The highest BCUT2D eigenvalue weighted by atomic mass is 32.2. The number of halogens is 2. The molecule has 216 valence electrons. The second-order valence-corrected chi connectivity index (χ2v) is 11.6. The summed E-state index contributed by atoms with van der Waals surface area (Å²) in [4.78, 5) is 29.2. The van der Waals surface area contributed by atoms with Gasteiger partial charge in [0.15, 0.2) is 28.6 Å². The van der Waals surface area contributed by atoms with E-state index in [0.717, 1.165) is 46.8 Å². The summed E-state index contributed by atoms with van der Waals surface area (Å²) in [6.07, 6.45) is 4.95. The number of aromatic nitrogens is 3. The van der Waals surface area contributed by atoms with Crippen LogP contribution in [0.3, 0.4) is 0 Å². The van der Waals surface area contributed by atoms with E-state index in [1.54, 1.807) is 13.3 Å². The third-order valence-electron chi connectivity index (χ3n) is 7.58. The van der Waals surface area contributed by atoms with Gasteiger partial charge in [-0.25, -0.2) is 18.7 Å². The molecule has 3 atom stereocenters. The molecule has 3 aliphatic rings. The van der Waals surface area contributed by atoms with Crippen LogP contribution in [0.25, 0.3) is 10.9 Å². The number of fused-ring (bicyclic) bond motifs is 3.